The van der Waals surface area contributed by atoms with E-state index in [1.807, 2.05) is 34.0 Å². The number of benzene rings is 1. The molecule has 0 aromatic heterocycles. The lowest BCUT2D eigenvalue weighted by molar-refractivity contribution is 0.293. The van der Waals surface area contributed by atoms with Crippen molar-refractivity contribution in [3.05, 3.63) is 27.8 Å². The van der Waals surface area contributed by atoms with Crippen LogP contribution in [0.2, 0.25) is 5.02 Å². The Morgan fingerprint density at radius 2 is 2.00 bits per heavy atom. The number of aryl methyl sites for hydroxylation is 1. The maximum Gasteiger partial charge on any atom is 0.124 e. The van der Waals surface area contributed by atoms with E-state index in [-0.39, 0.29) is 6.04 Å². The van der Waals surface area contributed by atoms with Crippen molar-refractivity contribution in [3.63, 3.8) is 0 Å². The third-order valence-corrected chi connectivity index (χ3v) is 3.67. The van der Waals surface area contributed by atoms with Crippen LogP contribution < -0.4 is 10.5 Å². The van der Waals surface area contributed by atoms with Gasteiger partial charge < -0.3 is 15.4 Å². The summed E-state index contributed by atoms with van der Waals surface area (Å²) in [4.78, 5) is 2.08. The van der Waals surface area contributed by atoms with Crippen molar-refractivity contribution < 1.29 is 4.74 Å². The first-order valence-corrected chi connectivity index (χ1v) is 6.01. The molecule has 0 aliphatic rings. The minimum Gasteiger partial charge on any atom is -0.496 e. The van der Waals surface area contributed by atoms with E-state index in [9.17, 15) is 0 Å². The van der Waals surface area contributed by atoms with Crippen LogP contribution in [0.1, 0.15) is 22.7 Å². The van der Waals surface area contributed by atoms with Crippen LogP contribution in [0.3, 0.4) is 0 Å². The van der Waals surface area contributed by atoms with E-state index in [1.54, 1.807) is 7.11 Å². The molecule has 0 radical (unpaired) electrons. The van der Waals surface area contributed by atoms with Gasteiger partial charge in [0.2, 0.25) is 0 Å². The molecule has 96 valence electrons. The number of ether oxygens (including phenoxy) is 1. The lowest BCUT2D eigenvalue weighted by atomic mass is 9.97. The molecule has 0 aliphatic heterocycles. The normalized spacial score (nSPS) is 12.9. The van der Waals surface area contributed by atoms with E-state index in [2.05, 4.69) is 4.90 Å². The fourth-order valence-corrected chi connectivity index (χ4v) is 2.26. The highest BCUT2D eigenvalue weighted by Gasteiger charge is 2.21. The molecule has 1 aromatic rings. The number of hydrogen-bond acceptors (Lipinski definition) is 3. The van der Waals surface area contributed by atoms with Gasteiger partial charge in [-0.05, 0) is 45.1 Å². The number of nitrogens with two attached hydrogens (primary N) is 1. The highest BCUT2D eigenvalue weighted by Crippen LogP contribution is 2.36. The Morgan fingerprint density at radius 3 is 2.41 bits per heavy atom. The summed E-state index contributed by atoms with van der Waals surface area (Å²) in [6.07, 6.45) is 0. The van der Waals surface area contributed by atoms with E-state index in [0.717, 1.165) is 27.5 Å². The molecule has 4 heteroatoms. The fraction of sp³-hybridized carbons (Fsp3) is 0.538. The Hall–Kier alpha value is -0.770. The predicted molar refractivity (Wildman–Crippen MR) is 73.0 cm³/mol. The lowest BCUT2D eigenvalue weighted by Crippen LogP contribution is -2.28. The second-order valence-corrected chi connectivity index (χ2v) is 4.84. The average Bonchev–Trinajstić information content (AvgIpc) is 2.29. The average molecular weight is 257 g/mol. The molecule has 3 nitrogen and oxygen atoms in total. The van der Waals surface area contributed by atoms with Crippen LogP contribution in [0.5, 0.6) is 5.75 Å². The molecule has 0 aliphatic carbocycles. The summed E-state index contributed by atoms with van der Waals surface area (Å²) in [6.45, 7) is 4.53. The number of hydrogen-bond donors (Lipinski definition) is 1. The topological polar surface area (TPSA) is 38.5 Å². The summed E-state index contributed by atoms with van der Waals surface area (Å²) >= 11 is 6.30. The fourth-order valence-electron chi connectivity index (χ4n) is 2.11. The first-order chi connectivity index (χ1) is 7.93. The third-order valence-electron chi connectivity index (χ3n) is 3.09. The molecule has 1 aromatic carbocycles. The highest BCUT2D eigenvalue weighted by atomic mass is 35.5. The van der Waals surface area contributed by atoms with Gasteiger partial charge in [0.05, 0.1) is 13.2 Å². The van der Waals surface area contributed by atoms with Crippen LogP contribution in [0.25, 0.3) is 0 Å². The van der Waals surface area contributed by atoms with Gasteiger partial charge in [0.15, 0.2) is 0 Å². The minimum absolute atomic E-state index is 0.114. The molecule has 0 heterocycles. The van der Waals surface area contributed by atoms with E-state index in [4.69, 9.17) is 22.1 Å². The van der Waals surface area contributed by atoms with Crippen LogP contribution >= 0.6 is 11.6 Å². The number of halogens is 1. The monoisotopic (exact) mass is 256 g/mol. The molecule has 0 bridgehead atoms. The van der Waals surface area contributed by atoms with Crippen LogP contribution in [-0.2, 0) is 0 Å². The predicted octanol–water partition coefficient (Wildman–Crippen LogP) is 2.53. The van der Waals surface area contributed by atoms with Gasteiger partial charge in [-0.25, -0.2) is 0 Å². The van der Waals surface area contributed by atoms with Crippen LogP contribution in [0.4, 0.5) is 0 Å². The number of nitrogens with zero attached hydrogens (tertiary/aromatic N) is 1. The largest absolute Gasteiger partial charge is 0.496 e. The maximum atomic E-state index is 6.30. The summed E-state index contributed by atoms with van der Waals surface area (Å²) in [6, 6.07) is 2.08. The quantitative estimate of drug-likeness (QED) is 0.900. The minimum atomic E-state index is 0.114. The first-order valence-electron chi connectivity index (χ1n) is 5.64. The van der Waals surface area contributed by atoms with Crippen LogP contribution in [0, 0.1) is 13.8 Å². The van der Waals surface area contributed by atoms with E-state index in [0.29, 0.717) is 6.54 Å². The van der Waals surface area contributed by atoms with Gasteiger partial charge in [0.25, 0.3) is 0 Å². The van der Waals surface area contributed by atoms with Crippen molar-refractivity contribution >= 4 is 11.6 Å². The third kappa shape index (κ3) is 2.73. The highest BCUT2D eigenvalue weighted by molar-refractivity contribution is 6.32. The van der Waals surface area contributed by atoms with Crippen molar-refractivity contribution in [2.24, 2.45) is 5.73 Å². The summed E-state index contributed by atoms with van der Waals surface area (Å²) < 4.78 is 5.45. The summed E-state index contributed by atoms with van der Waals surface area (Å²) in [5.41, 5.74) is 9.00. The maximum absolute atomic E-state index is 6.30. The zero-order valence-corrected chi connectivity index (χ0v) is 11.9. The molecule has 1 atom stereocenters. The molecular formula is C13H21ClN2O. The molecule has 17 heavy (non-hydrogen) atoms. The lowest BCUT2D eigenvalue weighted by Gasteiger charge is -2.27. The zero-order valence-electron chi connectivity index (χ0n) is 11.2. The van der Waals surface area contributed by atoms with Gasteiger partial charge in [-0.2, -0.15) is 0 Å². The Labute approximate surface area is 109 Å². The molecule has 0 saturated carbocycles. The Kier molecular flexibility index (Phi) is 4.80. The Morgan fingerprint density at radius 1 is 1.41 bits per heavy atom. The summed E-state index contributed by atoms with van der Waals surface area (Å²) in [5, 5.41) is 0.793. The second-order valence-electron chi connectivity index (χ2n) is 4.46. The molecule has 0 amide bonds. The molecule has 0 spiro atoms. The second kappa shape index (κ2) is 5.71. The van der Waals surface area contributed by atoms with Gasteiger partial charge in [-0.3, -0.25) is 0 Å². The van der Waals surface area contributed by atoms with Gasteiger partial charge in [-0.1, -0.05) is 11.6 Å². The first kappa shape index (κ1) is 14.3. The van der Waals surface area contributed by atoms with E-state index >= 15 is 0 Å². The van der Waals surface area contributed by atoms with Crippen molar-refractivity contribution in [1.82, 2.24) is 4.90 Å². The summed E-state index contributed by atoms with van der Waals surface area (Å²) in [5.74, 6) is 0.855. The number of rotatable bonds is 4. The van der Waals surface area contributed by atoms with Crippen molar-refractivity contribution in [1.29, 1.82) is 0 Å². The van der Waals surface area contributed by atoms with Crippen LogP contribution in [0.15, 0.2) is 6.07 Å². The molecular weight excluding hydrogens is 236 g/mol. The number of methoxy groups -OCH3 is 1. The van der Waals surface area contributed by atoms with E-state index in [1.165, 1.54) is 0 Å². The Balaban J connectivity index is 3.44. The molecule has 0 fully saturated rings. The van der Waals surface area contributed by atoms with Crippen molar-refractivity contribution in [2.45, 2.75) is 19.9 Å². The summed E-state index contributed by atoms with van der Waals surface area (Å²) in [7, 11) is 5.68. The van der Waals surface area contributed by atoms with Gasteiger partial charge in [0.1, 0.15) is 5.75 Å². The van der Waals surface area contributed by atoms with Crippen molar-refractivity contribution in [2.75, 3.05) is 27.7 Å². The smallest absolute Gasteiger partial charge is 0.124 e. The molecule has 2 N–H and O–H groups in total. The molecule has 1 unspecified atom stereocenters. The van der Waals surface area contributed by atoms with Crippen molar-refractivity contribution in [3.8, 4) is 5.75 Å². The van der Waals surface area contributed by atoms with Gasteiger partial charge >= 0.3 is 0 Å². The van der Waals surface area contributed by atoms with Gasteiger partial charge in [-0.15, -0.1) is 0 Å². The standard InChI is InChI=1S/C13H21ClN2O/c1-8-6-11(17-5)12(9(2)13(8)14)10(7-15)16(3)4/h6,10H,7,15H2,1-5H3. The van der Waals surface area contributed by atoms with E-state index < -0.39 is 0 Å². The van der Waals surface area contributed by atoms with Crippen LogP contribution in [-0.4, -0.2) is 32.6 Å². The molecule has 0 saturated heterocycles. The zero-order chi connectivity index (χ0) is 13.2. The Bertz CT molecular complexity index is 405. The molecule has 1 rings (SSSR count). The SMILES string of the molecule is COc1cc(C)c(Cl)c(C)c1C(CN)N(C)C. The van der Waals surface area contributed by atoms with Gasteiger partial charge in [0, 0.05) is 17.1 Å². The number of likely N-dealkylation sites (N-methyl/N-ethyl adjacent to an activating group) is 1.